The molecule has 1 unspecified atom stereocenters. The predicted molar refractivity (Wildman–Crippen MR) is 101 cm³/mol. The van der Waals surface area contributed by atoms with Crippen LogP contribution in [0, 0.1) is 11.3 Å². The summed E-state index contributed by atoms with van der Waals surface area (Å²) in [6.45, 7) is 17.2. The molecule has 1 atom stereocenters. The molecule has 3 heteroatoms. The van der Waals surface area contributed by atoms with E-state index in [4.69, 9.17) is 9.47 Å². The zero-order valence-corrected chi connectivity index (χ0v) is 16.5. The summed E-state index contributed by atoms with van der Waals surface area (Å²) in [4.78, 5) is 2.46. The minimum atomic E-state index is -0.265. The number of hydrogen-bond donors (Lipinski definition) is 0. The molecule has 1 aliphatic carbocycles. The zero-order valence-electron chi connectivity index (χ0n) is 16.5. The highest BCUT2D eigenvalue weighted by molar-refractivity contribution is 4.90. The summed E-state index contributed by atoms with van der Waals surface area (Å²) in [6.07, 6.45) is 10.4. The van der Waals surface area contributed by atoms with Gasteiger partial charge in [-0.25, -0.2) is 0 Å². The van der Waals surface area contributed by atoms with Gasteiger partial charge in [0.25, 0.3) is 0 Å². The average molecular weight is 338 g/mol. The van der Waals surface area contributed by atoms with Gasteiger partial charge < -0.3 is 9.47 Å². The molecule has 3 nitrogen and oxygen atoms in total. The van der Waals surface area contributed by atoms with E-state index in [-0.39, 0.29) is 11.9 Å². The van der Waals surface area contributed by atoms with E-state index in [1.165, 1.54) is 25.7 Å². The number of nitrogens with zero attached hydrogens (tertiary/aromatic N) is 1. The van der Waals surface area contributed by atoms with E-state index in [2.05, 4.69) is 39.2 Å². The van der Waals surface area contributed by atoms with E-state index in [0.29, 0.717) is 5.41 Å². The van der Waals surface area contributed by atoms with Crippen LogP contribution in [0.1, 0.15) is 72.6 Å². The van der Waals surface area contributed by atoms with E-state index in [9.17, 15) is 0 Å². The maximum atomic E-state index is 6.42. The fraction of sp³-hybridized carbons (Fsp3) is 0.905. The van der Waals surface area contributed by atoms with Gasteiger partial charge in [-0.1, -0.05) is 40.2 Å². The van der Waals surface area contributed by atoms with Crippen LogP contribution in [0.2, 0.25) is 0 Å². The third-order valence-electron chi connectivity index (χ3n) is 6.37. The van der Waals surface area contributed by atoms with Gasteiger partial charge in [0.05, 0.1) is 12.7 Å². The number of rotatable bonds is 9. The highest BCUT2D eigenvalue weighted by Gasteiger charge is 2.46. The summed E-state index contributed by atoms with van der Waals surface area (Å²) in [6, 6.07) is 0. The van der Waals surface area contributed by atoms with E-state index in [0.717, 1.165) is 51.4 Å². The van der Waals surface area contributed by atoms with Gasteiger partial charge in [0.2, 0.25) is 0 Å². The van der Waals surface area contributed by atoms with Gasteiger partial charge >= 0.3 is 0 Å². The van der Waals surface area contributed by atoms with Gasteiger partial charge in [0.1, 0.15) is 0 Å². The van der Waals surface area contributed by atoms with Crippen LogP contribution in [0.3, 0.4) is 0 Å². The van der Waals surface area contributed by atoms with Crippen molar-refractivity contribution in [1.29, 1.82) is 0 Å². The molecule has 0 aromatic carbocycles. The molecule has 1 aliphatic heterocycles. The molecule has 2 aliphatic rings. The molecule has 0 aromatic heterocycles. The van der Waals surface area contributed by atoms with Crippen LogP contribution >= 0.6 is 0 Å². The minimum absolute atomic E-state index is 0.265. The first-order valence-corrected chi connectivity index (χ1v) is 10.1. The monoisotopic (exact) mass is 337 g/mol. The summed E-state index contributed by atoms with van der Waals surface area (Å²) in [7, 11) is 0. The molecule has 1 saturated carbocycles. The Bertz CT molecular complexity index is 385. The molecule has 0 amide bonds. The van der Waals surface area contributed by atoms with Crippen molar-refractivity contribution in [1.82, 2.24) is 4.90 Å². The van der Waals surface area contributed by atoms with Crippen molar-refractivity contribution in [3.05, 3.63) is 12.7 Å². The van der Waals surface area contributed by atoms with Crippen LogP contribution in [0.15, 0.2) is 12.7 Å². The second-order valence-corrected chi connectivity index (χ2v) is 8.46. The zero-order chi connectivity index (χ0) is 17.6. The fourth-order valence-corrected chi connectivity index (χ4v) is 4.27. The molecule has 1 heterocycles. The third kappa shape index (κ3) is 5.06. The van der Waals surface area contributed by atoms with Crippen LogP contribution in [0.4, 0.5) is 0 Å². The SMILES string of the molecule is C=CCN(CCC)CCC1COC2(CCC(C(C)(C)CC)CC2)O1. The Kier molecular flexibility index (Phi) is 7.33. The molecule has 1 saturated heterocycles. The number of ether oxygens (including phenoxy) is 2. The Labute approximate surface area is 149 Å². The highest BCUT2D eigenvalue weighted by atomic mass is 16.7. The Morgan fingerprint density at radius 1 is 1.21 bits per heavy atom. The highest BCUT2D eigenvalue weighted by Crippen LogP contribution is 2.47. The molecule has 1 spiro atoms. The summed E-state index contributed by atoms with van der Waals surface area (Å²) >= 11 is 0. The van der Waals surface area contributed by atoms with Crippen molar-refractivity contribution >= 4 is 0 Å². The van der Waals surface area contributed by atoms with Crippen molar-refractivity contribution < 1.29 is 9.47 Å². The van der Waals surface area contributed by atoms with Crippen LogP contribution in [-0.2, 0) is 9.47 Å². The maximum absolute atomic E-state index is 6.42. The second-order valence-electron chi connectivity index (χ2n) is 8.46. The van der Waals surface area contributed by atoms with Gasteiger partial charge in [0, 0.05) is 25.9 Å². The Morgan fingerprint density at radius 2 is 1.92 bits per heavy atom. The van der Waals surface area contributed by atoms with Crippen LogP contribution in [0.25, 0.3) is 0 Å². The Balaban J connectivity index is 1.78. The lowest BCUT2D eigenvalue weighted by Crippen LogP contribution is -2.39. The molecule has 0 radical (unpaired) electrons. The first-order valence-electron chi connectivity index (χ1n) is 10.1. The van der Waals surface area contributed by atoms with Crippen molar-refractivity contribution in [3.63, 3.8) is 0 Å². The quantitative estimate of drug-likeness (QED) is 0.552. The van der Waals surface area contributed by atoms with Crippen LogP contribution < -0.4 is 0 Å². The molecule has 2 rings (SSSR count). The normalized spacial score (nSPS) is 31.0. The summed E-state index contributed by atoms with van der Waals surface area (Å²) in [5, 5.41) is 0. The van der Waals surface area contributed by atoms with E-state index >= 15 is 0 Å². The lowest BCUT2D eigenvalue weighted by Gasteiger charge is -2.42. The summed E-state index contributed by atoms with van der Waals surface area (Å²) < 4.78 is 12.6. The lowest BCUT2D eigenvalue weighted by molar-refractivity contribution is -0.197. The number of hydrogen-bond acceptors (Lipinski definition) is 3. The second kappa shape index (κ2) is 8.82. The largest absolute Gasteiger partial charge is 0.347 e. The topological polar surface area (TPSA) is 21.7 Å². The predicted octanol–water partition coefficient (Wildman–Crippen LogP) is 5.01. The van der Waals surface area contributed by atoms with Gasteiger partial charge in [-0.05, 0) is 43.6 Å². The average Bonchev–Trinajstić information content (AvgIpc) is 2.96. The standard InChI is InChI=1S/C21H39NO2/c1-6-14-22(15-7-2)16-11-19-17-23-21(24-19)12-9-18(10-13-21)20(4,5)8-3/h6,18-19H,1,7-17H2,2-5H3. The van der Waals surface area contributed by atoms with Crippen LogP contribution in [0.5, 0.6) is 0 Å². The fourth-order valence-electron chi connectivity index (χ4n) is 4.27. The third-order valence-corrected chi connectivity index (χ3v) is 6.37. The van der Waals surface area contributed by atoms with Crippen molar-refractivity contribution in [3.8, 4) is 0 Å². The van der Waals surface area contributed by atoms with Crippen molar-refractivity contribution in [2.45, 2.75) is 84.5 Å². The Morgan fingerprint density at radius 3 is 2.50 bits per heavy atom. The first kappa shape index (κ1) is 19.9. The maximum Gasteiger partial charge on any atom is 0.168 e. The van der Waals surface area contributed by atoms with Crippen molar-refractivity contribution in [2.75, 3.05) is 26.2 Å². The van der Waals surface area contributed by atoms with E-state index in [1.807, 2.05) is 6.08 Å². The van der Waals surface area contributed by atoms with Crippen LogP contribution in [-0.4, -0.2) is 43.0 Å². The molecule has 0 aromatic rings. The smallest absolute Gasteiger partial charge is 0.168 e. The van der Waals surface area contributed by atoms with Crippen molar-refractivity contribution in [2.24, 2.45) is 11.3 Å². The van der Waals surface area contributed by atoms with Gasteiger partial charge in [0.15, 0.2) is 5.79 Å². The Hall–Kier alpha value is -0.380. The van der Waals surface area contributed by atoms with Gasteiger partial charge in [-0.2, -0.15) is 0 Å². The molecular weight excluding hydrogens is 298 g/mol. The van der Waals surface area contributed by atoms with Gasteiger partial charge in [-0.15, -0.1) is 6.58 Å². The summed E-state index contributed by atoms with van der Waals surface area (Å²) in [5.74, 6) is 0.547. The van der Waals surface area contributed by atoms with E-state index < -0.39 is 0 Å². The molecular formula is C21H39NO2. The minimum Gasteiger partial charge on any atom is -0.347 e. The molecule has 24 heavy (non-hydrogen) atoms. The summed E-state index contributed by atoms with van der Waals surface area (Å²) in [5.41, 5.74) is 0.449. The van der Waals surface area contributed by atoms with E-state index in [1.54, 1.807) is 0 Å². The molecule has 0 bridgehead atoms. The molecule has 140 valence electrons. The first-order chi connectivity index (χ1) is 11.4. The molecule has 2 fully saturated rings. The van der Waals surface area contributed by atoms with Gasteiger partial charge in [-0.3, -0.25) is 4.90 Å². The lowest BCUT2D eigenvalue weighted by atomic mass is 9.68. The molecule has 0 N–H and O–H groups in total.